The number of hydrogen-bond donors (Lipinski definition) is 1. The number of hydrogen-bond acceptors (Lipinski definition) is 4. The minimum atomic E-state index is -0.362. The lowest BCUT2D eigenvalue weighted by molar-refractivity contribution is -0.135. The summed E-state index contributed by atoms with van der Waals surface area (Å²) >= 11 is 0. The molecule has 0 spiro atoms. The van der Waals surface area contributed by atoms with E-state index in [9.17, 15) is 4.79 Å². The van der Waals surface area contributed by atoms with E-state index in [-0.39, 0.29) is 25.1 Å². The maximum absolute atomic E-state index is 12.5. The predicted octanol–water partition coefficient (Wildman–Crippen LogP) is 1.37. The number of aromatic nitrogens is 2. The highest BCUT2D eigenvalue weighted by Gasteiger charge is 2.23. The second kappa shape index (κ2) is 6.38. The Bertz CT molecular complexity index is 548. The smallest absolute Gasteiger partial charge is 0.245 e. The summed E-state index contributed by atoms with van der Waals surface area (Å²) in [6.45, 7) is 4.22. The van der Waals surface area contributed by atoms with Gasteiger partial charge in [0, 0.05) is 18.9 Å². The first-order valence-corrected chi connectivity index (χ1v) is 6.55. The van der Waals surface area contributed by atoms with Gasteiger partial charge in [0.25, 0.3) is 0 Å². The average Bonchev–Trinajstić information content (AvgIpc) is 3.08. The highest BCUT2D eigenvalue weighted by atomic mass is 16.3. The summed E-state index contributed by atoms with van der Waals surface area (Å²) in [6.07, 6.45) is 5.02. The van der Waals surface area contributed by atoms with Gasteiger partial charge in [-0.15, -0.1) is 0 Å². The van der Waals surface area contributed by atoms with Crippen LogP contribution in [0, 0.1) is 6.92 Å². The van der Waals surface area contributed by atoms with Crippen LogP contribution in [0.2, 0.25) is 0 Å². The van der Waals surface area contributed by atoms with Gasteiger partial charge < -0.3 is 19.0 Å². The molecule has 0 bridgehead atoms. The molecule has 108 valence electrons. The Hall–Kier alpha value is -2.08. The summed E-state index contributed by atoms with van der Waals surface area (Å²) in [4.78, 5) is 18.2. The first kappa shape index (κ1) is 14.3. The standard InChI is InChI=1S/C14H19N3O3/c1-11(17-6-5-15-12(17)2)14(19)16(7-8-18)10-13-4-3-9-20-13/h3-6,9,11,18H,7-8,10H2,1-2H3/t11-/m1/s1. The second-order valence-corrected chi connectivity index (χ2v) is 4.62. The first-order valence-electron chi connectivity index (χ1n) is 6.55. The van der Waals surface area contributed by atoms with Crippen LogP contribution in [0.3, 0.4) is 0 Å². The van der Waals surface area contributed by atoms with E-state index < -0.39 is 0 Å². The molecule has 6 nitrogen and oxygen atoms in total. The monoisotopic (exact) mass is 277 g/mol. The number of carbonyl (C=O) groups excluding carboxylic acids is 1. The zero-order chi connectivity index (χ0) is 14.5. The largest absolute Gasteiger partial charge is 0.467 e. The van der Waals surface area contributed by atoms with Gasteiger partial charge in [0.15, 0.2) is 0 Å². The van der Waals surface area contributed by atoms with Crippen molar-refractivity contribution in [2.75, 3.05) is 13.2 Å². The van der Waals surface area contributed by atoms with Gasteiger partial charge in [-0.2, -0.15) is 0 Å². The van der Waals surface area contributed by atoms with E-state index in [1.807, 2.05) is 24.5 Å². The van der Waals surface area contributed by atoms with Crippen molar-refractivity contribution in [1.82, 2.24) is 14.5 Å². The molecule has 0 unspecified atom stereocenters. The molecule has 0 saturated heterocycles. The summed E-state index contributed by atoms with van der Waals surface area (Å²) in [5, 5.41) is 9.14. The zero-order valence-corrected chi connectivity index (χ0v) is 11.7. The van der Waals surface area contributed by atoms with Crippen LogP contribution in [0.1, 0.15) is 24.6 Å². The first-order chi connectivity index (χ1) is 9.63. The van der Waals surface area contributed by atoms with Crippen molar-refractivity contribution < 1.29 is 14.3 Å². The zero-order valence-electron chi connectivity index (χ0n) is 11.7. The van der Waals surface area contributed by atoms with Crippen LogP contribution in [-0.4, -0.2) is 38.6 Å². The Labute approximate surface area is 117 Å². The lowest BCUT2D eigenvalue weighted by atomic mass is 10.2. The third kappa shape index (κ3) is 3.08. The highest BCUT2D eigenvalue weighted by Crippen LogP contribution is 2.15. The van der Waals surface area contributed by atoms with Gasteiger partial charge in [-0.1, -0.05) is 0 Å². The van der Waals surface area contributed by atoms with Gasteiger partial charge in [-0.25, -0.2) is 4.98 Å². The molecule has 2 aromatic heterocycles. The second-order valence-electron chi connectivity index (χ2n) is 4.62. The van der Waals surface area contributed by atoms with Crippen LogP contribution in [0.15, 0.2) is 35.2 Å². The summed E-state index contributed by atoms with van der Waals surface area (Å²) < 4.78 is 7.07. The van der Waals surface area contributed by atoms with Gasteiger partial charge >= 0.3 is 0 Å². The molecule has 6 heteroatoms. The summed E-state index contributed by atoms with van der Waals surface area (Å²) in [6, 6.07) is 3.23. The Morgan fingerprint density at radius 2 is 2.40 bits per heavy atom. The molecule has 1 atom stereocenters. The van der Waals surface area contributed by atoms with Crippen LogP contribution in [0.4, 0.5) is 0 Å². The van der Waals surface area contributed by atoms with Crippen molar-refractivity contribution in [3.63, 3.8) is 0 Å². The van der Waals surface area contributed by atoms with Gasteiger partial charge in [-0.3, -0.25) is 4.79 Å². The molecule has 2 heterocycles. The predicted molar refractivity (Wildman–Crippen MR) is 72.9 cm³/mol. The van der Waals surface area contributed by atoms with Gasteiger partial charge in [-0.05, 0) is 26.0 Å². The van der Waals surface area contributed by atoms with E-state index in [1.54, 1.807) is 29.6 Å². The number of imidazole rings is 1. The molecule has 0 aliphatic heterocycles. The number of aliphatic hydroxyl groups excluding tert-OH is 1. The fourth-order valence-electron chi connectivity index (χ4n) is 2.16. The van der Waals surface area contributed by atoms with Crippen LogP contribution < -0.4 is 0 Å². The van der Waals surface area contributed by atoms with Crippen LogP contribution >= 0.6 is 0 Å². The van der Waals surface area contributed by atoms with Crippen molar-refractivity contribution in [3.05, 3.63) is 42.4 Å². The van der Waals surface area contributed by atoms with E-state index in [0.29, 0.717) is 12.3 Å². The molecule has 0 aromatic carbocycles. The minimum Gasteiger partial charge on any atom is -0.467 e. The van der Waals surface area contributed by atoms with Crippen LogP contribution in [0.25, 0.3) is 0 Å². The Morgan fingerprint density at radius 3 is 2.95 bits per heavy atom. The fourth-order valence-corrected chi connectivity index (χ4v) is 2.16. The maximum Gasteiger partial charge on any atom is 0.245 e. The number of amides is 1. The van der Waals surface area contributed by atoms with E-state index >= 15 is 0 Å². The minimum absolute atomic E-state index is 0.0726. The van der Waals surface area contributed by atoms with Crippen LogP contribution in [0.5, 0.6) is 0 Å². The van der Waals surface area contributed by atoms with Gasteiger partial charge in [0.2, 0.25) is 5.91 Å². The Morgan fingerprint density at radius 1 is 1.60 bits per heavy atom. The van der Waals surface area contributed by atoms with Gasteiger partial charge in [0.05, 0.1) is 19.4 Å². The highest BCUT2D eigenvalue weighted by molar-refractivity contribution is 5.80. The molecule has 0 saturated carbocycles. The summed E-state index contributed by atoms with van der Waals surface area (Å²) in [5.74, 6) is 1.41. The van der Waals surface area contributed by atoms with E-state index in [1.165, 1.54) is 0 Å². The fraction of sp³-hybridized carbons (Fsp3) is 0.429. The molecule has 0 fully saturated rings. The van der Waals surface area contributed by atoms with E-state index in [4.69, 9.17) is 9.52 Å². The third-order valence-electron chi connectivity index (χ3n) is 3.25. The summed E-state index contributed by atoms with van der Waals surface area (Å²) in [7, 11) is 0. The SMILES string of the molecule is Cc1nccn1[C@H](C)C(=O)N(CCO)Cc1ccco1. The molecule has 0 radical (unpaired) electrons. The molecule has 1 amide bonds. The topological polar surface area (TPSA) is 71.5 Å². The molecular formula is C14H19N3O3. The molecule has 0 aliphatic carbocycles. The molecule has 2 aromatic rings. The number of aliphatic hydroxyl groups is 1. The molecule has 1 N–H and O–H groups in total. The number of rotatable bonds is 6. The van der Waals surface area contributed by atoms with Crippen molar-refractivity contribution >= 4 is 5.91 Å². The number of nitrogens with zero attached hydrogens (tertiary/aromatic N) is 3. The number of carbonyl (C=O) groups is 1. The number of aryl methyl sites for hydroxylation is 1. The molecule has 0 aliphatic rings. The summed E-state index contributed by atoms with van der Waals surface area (Å²) in [5.41, 5.74) is 0. The molecule has 20 heavy (non-hydrogen) atoms. The van der Waals surface area contributed by atoms with Crippen LogP contribution in [-0.2, 0) is 11.3 Å². The molecule has 2 rings (SSSR count). The molecular weight excluding hydrogens is 258 g/mol. The van der Waals surface area contributed by atoms with Crippen molar-refractivity contribution in [2.45, 2.75) is 26.4 Å². The normalized spacial score (nSPS) is 12.3. The Kier molecular flexibility index (Phi) is 4.57. The number of furan rings is 1. The van der Waals surface area contributed by atoms with E-state index in [2.05, 4.69) is 4.98 Å². The quantitative estimate of drug-likeness (QED) is 0.865. The van der Waals surface area contributed by atoms with Crippen molar-refractivity contribution in [3.8, 4) is 0 Å². The Balaban J connectivity index is 2.12. The van der Waals surface area contributed by atoms with Gasteiger partial charge in [0.1, 0.15) is 17.6 Å². The lowest BCUT2D eigenvalue weighted by Gasteiger charge is -2.25. The third-order valence-corrected chi connectivity index (χ3v) is 3.25. The van der Waals surface area contributed by atoms with Crippen molar-refractivity contribution in [1.29, 1.82) is 0 Å². The van der Waals surface area contributed by atoms with E-state index in [0.717, 1.165) is 5.82 Å². The average molecular weight is 277 g/mol. The maximum atomic E-state index is 12.5. The van der Waals surface area contributed by atoms with Crippen molar-refractivity contribution in [2.24, 2.45) is 0 Å². The lowest BCUT2D eigenvalue weighted by Crippen LogP contribution is -2.37.